The van der Waals surface area contributed by atoms with Crippen molar-refractivity contribution in [2.75, 3.05) is 23.7 Å². The van der Waals surface area contributed by atoms with Gasteiger partial charge in [0.15, 0.2) is 0 Å². The fourth-order valence-electron chi connectivity index (χ4n) is 4.95. The van der Waals surface area contributed by atoms with E-state index in [1.165, 1.54) is 0 Å². The van der Waals surface area contributed by atoms with Crippen molar-refractivity contribution in [1.82, 2.24) is 14.7 Å². The minimum atomic E-state index is -5.13. The maximum atomic E-state index is 13.2. The Bertz CT molecular complexity index is 1470. The maximum Gasteiger partial charge on any atom is 0.416 e. The van der Waals surface area contributed by atoms with Crippen molar-refractivity contribution in [2.45, 2.75) is 61.8 Å². The second-order valence-corrected chi connectivity index (χ2v) is 12.5. The largest absolute Gasteiger partial charge is 0.416 e. The highest BCUT2D eigenvalue weighted by molar-refractivity contribution is 7.89. The van der Waals surface area contributed by atoms with Gasteiger partial charge < -0.3 is 10.6 Å². The molecule has 0 spiro atoms. The minimum absolute atomic E-state index is 0.0793. The number of rotatable bonds is 9. The summed E-state index contributed by atoms with van der Waals surface area (Å²) in [4.78, 5) is 8.20. The molecule has 14 heteroatoms. The van der Waals surface area contributed by atoms with Gasteiger partial charge >= 0.3 is 12.4 Å². The van der Waals surface area contributed by atoms with Gasteiger partial charge in [-0.05, 0) is 80.7 Å². The summed E-state index contributed by atoms with van der Waals surface area (Å²) in [5.41, 5.74) is -2.52. The monoisotopic (exact) mass is 601 g/mol. The average Bonchev–Trinajstić information content (AvgIpc) is 3.74. The van der Waals surface area contributed by atoms with Crippen LogP contribution in [0.15, 0.2) is 47.4 Å². The van der Waals surface area contributed by atoms with E-state index >= 15 is 0 Å². The normalized spacial score (nSPS) is 20.2. The first kappa shape index (κ1) is 29.4. The van der Waals surface area contributed by atoms with Crippen LogP contribution in [-0.4, -0.2) is 37.5 Å². The fraction of sp³-hybridized carbons (Fsp3) is 0.481. The van der Waals surface area contributed by atoms with Crippen LogP contribution in [0.5, 0.6) is 0 Å². The summed E-state index contributed by atoms with van der Waals surface area (Å²) < 4.78 is 106. The molecule has 7 nitrogen and oxygen atoms in total. The number of nitrogens with zero attached hydrogens (tertiary/aromatic N) is 2. The van der Waals surface area contributed by atoms with E-state index in [0.29, 0.717) is 31.4 Å². The predicted molar refractivity (Wildman–Crippen MR) is 142 cm³/mol. The summed E-state index contributed by atoms with van der Waals surface area (Å²) in [6, 6.07) is 8.53. The van der Waals surface area contributed by atoms with Gasteiger partial charge in [0, 0.05) is 24.5 Å². The zero-order valence-electron chi connectivity index (χ0n) is 21.8. The summed E-state index contributed by atoms with van der Waals surface area (Å²) >= 11 is 0. The number of alkyl halides is 6. The Labute approximate surface area is 233 Å². The molecule has 1 aromatic heterocycles. The molecule has 0 bridgehead atoms. The molecule has 0 amide bonds. The van der Waals surface area contributed by atoms with E-state index in [1.54, 1.807) is 0 Å². The number of halogens is 6. The molecule has 41 heavy (non-hydrogen) atoms. The zero-order chi connectivity index (χ0) is 29.4. The lowest BCUT2D eigenvalue weighted by Crippen LogP contribution is -2.32. The molecular weight excluding hydrogens is 572 g/mol. The van der Waals surface area contributed by atoms with Crippen molar-refractivity contribution in [3.8, 4) is 0 Å². The molecule has 2 aliphatic carbocycles. The number of para-hydroxylation sites is 1. The third kappa shape index (κ3) is 7.39. The summed E-state index contributed by atoms with van der Waals surface area (Å²) in [7, 11) is -4.60. The molecule has 2 aromatic carbocycles. The molecule has 0 unspecified atom stereocenters. The number of hydrogen-bond acceptors (Lipinski definition) is 6. The number of benzene rings is 2. The fourth-order valence-corrected chi connectivity index (χ4v) is 6.14. The van der Waals surface area contributed by atoms with E-state index in [4.69, 9.17) is 0 Å². The van der Waals surface area contributed by atoms with Gasteiger partial charge in [0.1, 0.15) is 5.82 Å². The number of fused-ring (bicyclic) bond motifs is 1. The molecule has 0 aliphatic heterocycles. The summed E-state index contributed by atoms with van der Waals surface area (Å²) in [6.07, 6.45) is -5.22. The Morgan fingerprint density at radius 2 is 1.37 bits per heavy atom. The quantitative estimate of drug-likeness (QED) is 0.245. The number of sulfonamides is 1. The predicted octanol–water partition coefficient (Wildman–Crippen LogP) is 6.44. The van der Waals surface area contributed by atoms with Crippen molar-refractivity contribution in [2.24, 2.45) is 11.8 Å². The molecule has 2 saturated carbocycles. The van der Waals surface area contributed by atoms with Gasteiger partial charge in [-0.1, -0.05) is 12.1 Å². The summed E-state index contributed by atoms with van der Waals surface area (Å²) in [6.45, 7) is 0.536. The lowest BCUT2D eigenvalue weighted by Gasteiger charge is -2.28. The highest BCUT2D eigenvalue weighted by Crippen LogP contribution is 2.37. The maximum absolute atomic E-state index is 13.2. The van der Waals surface area contributed by atoms with E-state index in [-0.39, 0.29) is 36.6 Å². The molecule has 5 rings (SSSR count). The van der Waals surface area contributed by atoms with Gasteiger partial charge in [-0.2, -0.15) is 31.3 Å². The SMILES string of the molecule is O=S(=O)(NC[C@H]1CC[C@H](CNc2nc(NC3CC3)c3ccccc3n2)CC1)c1cc(C(F)(F)F)cc(C(F)(F)F)c1. The smallest absolute Gasteiger partial charge is 0.367 e. The lowest BCUT2D eigenvalue weighted by molar-refractivity contribution is -0.143. The average molecular weight is 602 g/mol. The third-order valence-corrected chi connectivity index (χ3v) is 8.87. The Hall–Kier alpha value is -3.13. The van der Waals surface area contributed by atoms with Gasteiger partial charge in [0.05, 0.1) is 21.5 Å². The van der Waals surface area contributed by atoms with Gasteiger partial charge in [-0.3, -0.25) is 0 Å². The first-order valence-corrected chi connectivity index (χ1v) is 14.8. The van der Waals surface area contributed by atoms with Gasteiger partial charge in [0.2, 0.25) is 16.0 Å². The van der Waals surface area contributed by atoms with Crippen molar-refractivity contribution in [1.29, 1.82) is 0 Å². The van der Waals surface area contributed by atoms with Crippen LogP contribution in [0.4, 0.5) is 38.1 Å². The van der Waals surface area contributed by atoms with Crippen molar-refractivity contribution >= 4 is 32.7 Å². The number of hydrogen-bond donors (Lipinski definition) is 3. The first-order chi connectivity index (χ1) is 19.3. The Morgan fingerprint density at radius 1 is 0.780 bits per heavy atom. The molecule has 3 aromatic rings. The van der Waals surface area contributed by atoms with Crippen molar-refractivity contribution in [3.63, 3.8) is 0 Å². The molecule has 3 N–H and O–H groups in total. The molecule has 222 valence electrons. The van der Waals surface area contributed by atoms with E-state index in [0.717, 1.165) is 42.4 Å². The van der Waals surface area contributed by atoms with Crippen LogP contribution in [-0.2, 0) is 22.4 Å². The van der Waals surface area contributed by atoms with Gasteiger partial charge in [-0.15, -0.1) is 0 Å². The van der Waals surface area contributed by atoms with E-state index in [2.05, 4.69) is 25.3 Å². The van der Waals surface area contributed by atoms with Gasteiger partial charge in [-0.25, -0.2) is 18.1 Å². The molecule has 0 saturated heterocycles. The third-order valence-electron chi connectivity index (χ3n) is 7.47. The van der Waals surface area contributed by atoms with Crippen LogP contribution in [0.25, 0.3) is 10.9 Å². The van der Waals surface area contributed by atoms with Crippen LogP contribution in [0.3, 0.4) is 0 Å². The van der Waals surface area contributed by atoms with Crippen LogP contribution < -0.4 is 15.4 Å². The summed E-state index contributed by atoms with van der Waals surface area (Å²) in [5.74, 6) is 1.48. The highest BCUT2D eigenvalue weighted by Gasteiger charge is 2.38. The molecule has 0 radical (unpaired) electrons. The van der Waals surface area contributed by atoms with Crippen LogP contribution in [0.2, 0.25) is 0 Å². The Balaban J connectivity index is 1.16. The van der Waals surface area contributed by atoms with Crippen LogP contribution >= 0.6 is 0 Å². The van der Waals surface area contributed by atoms with E-state index in [1.807, 2.05) is 24.3 Å². The number of aromatic nitrogens is 2. The van der Waals surface area contributed by atoms with Crippen molar-refractivity contribution < 1.29 is 34.8 Å². The molecule has 2 fully saturated rings. The standard InChI is InChI=1S/C27H29F6N5O2S/c28-26(29,30)18-11-19(27(31,32)33)13-21(12-18)41(39,40)35-15-17-7-5-16(6-8-17)14-34-25-37-23-4-2-1-3-22(23)24(38-25)36-20-9-10-20/h1-4,11-13,16-17,20,35H,5-10,14-15H2,(H2,34,36,37,38)/t16-,17-. The first-order valence-electron chi connectivity index (χ1n) is 13.3. The molecular formula is C27H29F6N5O2S. The lowest BCUT2D eigenvalue weighted by atomic mass is 9.82. The second kappa shape index (κ2) is 11.3. The van der Waals surface area contributed by atoms with Crippen LogP contribution in [0, 0.1) is 11.8 Å². The zero-order valence-corrected chi connectivity index (χ0v) is 22.6. The summed E-state index contributed by atoms with van der Waals surface area (Å²) in [5, 5.41) is 7.71. The van der Waals surface area contributed by atoms with Gasteiger partial charge in [0.25, 0.3) is 0 Å². The number of anilines is 2. The molecule has 2 aliphatic rings. The molecule has 1 heterocycles. The number of nitrogens with one attached hydrogen (secondary N) is 3. The topological polar surface area (TPSA) is 96.0 Å². The Morgan fingerprint density at radius 3 is 1.95 bits per heavy atom. The van der Waals surface area contributed by atoms with Crippen molar-refractivity contribution in [3.05, 3.63) is 53.6 Å². The molecule has 0 atom stereocenters. The minimum Gasteiger partial charge on any atom is -0.367 e. The van der Waals surface area contributed by atoms with E-state index in [9.17, 15) is 34.8 Å². The van der Waals surface area contributed by atoms with E-state index < -0.39 is 38.4 Å². The van der Waals surface area contributed by atoms with Crippen LogP contribution in [0.1, 0.15) is 49.7 Å². The Kier molecular flexibility index (Phi) is 8.07. The second-order valence-electron chi connectivity index (χ2n) is 10.7. The highest BCUT2D eigenvalue weighted by atomic mass is 32.2.